The normalized spacial score (nSPS) is 13.8. The molecule has 0 amide bonds. The first-order valence-corrected chi connectivity index (χ1v) is 11.0. The van der Waals surface area contributed by atoms with E-state index in [4.69, 9.17) is 0 Å². The first-order valence-electron chi connectivity index (χ1n) is 7.80. The van der Waals surface area contributed by atoms with Gasteiger partial charge in [-0.15, -0.1) is 0 Å². The van der Waals surface area contributed by atoms with Gasteiger partial charge in [0.25, 0.3) is 0 Å². The molecule has 1 atom stereocenters. The van der Waals surface area contributed by atoms with E-state index in [2.05, 4.69) is 99.8 Å². The van der Waals surface area contributed by atoms with Crippen LogP contribution in [0.2, 0.25) is 18.6 Å². The van der Waals surface area contributed by atoms with E-state index in [-0.39, 0.29) is 0 Å². The highest BCUT2D eigenvalue weighted by atomic mass is 28.3. The maximum atomic E-state index is 2.52. The lowest BCUT2D eigenvalue weighted by atomic mass is 10.0. The molecule has 0 fully saturated rings. The summed E-state index contributed by atoms with van der Waals surface area (Å²) in [5, 5.41) is 0. The van der Waals surface area contributed by atoms with Gasteiger partial charge in [-0.25, -0.2) is 0 Å². The Bertz CT molecular complexity index is 530. The average molecular weight is 295 g/mol. The zero-order chi connectivity index (χ0) is 15.3. The summed E-state index contributed by atoms with van der Waals surface area (Å²) in [6.45, 7) is 9.54. The molecule has 0 heterocycles. The minimum absolute atomic E-state index is 0.533. The van der Waals surface area contributed by atoms with E-state index in [0.29, 0.717) is 11.1 Å². The molecule has 0 nitrogen and oxygen atoms in total. The fourth-order valence-corrected chi connectivity index (χ4v) is 6.46. The van der Waals surface area contributed by atoms with E-state index in [1.807, 2.05) is 0 Å². The van der Waals surface area contributed by atoms with E-state index in [0.717, 1.165) is 0 Å². The zero-order valence-electron chi connectivity index (χ0n) is 13.6. The van der Waals surface area contributed by atoms with Crippen LogP contribution in [0.1, 0.15) is 30.5 Å². The van der Waals surface area contributed by atoms with Gasteiger partial charge in [0, 0.05) is 5.54 Å². The van der Waals surface area contributed by atoms with Crippen LogP contribution in [0, 0.1) is 0 Å². The maximum Gasteiger partial charge on any atom is 0.0668 e. The molecule has 1 heteroatoms. The van der Waals surface area contributed by atoms with Crippen molar-refractivity contribution >= 4 is 8.07 Å². The molecule has 0 spiro atoms. The molecule has 2 aromatic carbocycles. The Hall–Kier alpha value is -1.60. The second-order valence-corrected chi connectivity index (χ2v) is 11.5. The fraction of sp³-hybridized carbons (Fsp3) is 0.300. The van der Waals surface area contributed by atoms with Crippen molar-refractivity contribution in [3.63, 3.8) is 0 Å². The number of allylic oxidation sites excluding steroid dienone is 2. The van der Waals surface area contributed by atoms with Gasteiger partial charge in [0.2, 0.25) is 0 Å². The third-order valence-electron chi connectivity index (χ3n) is 4.66. The average Bonchev–Trinajstić information content (AvgIpc) is 2.49. The van der Waals surface area contributed by atoms with Crippen LogP contribution < -0.4 is 0 Å². The minimum Gasteiger partial charge on any atom is -0.0917 e. The number of rotatable bonds is 5. The minimum atomic E-state index is -1.53. The second kappa shape index (κ2) is 6.90. The van der Waals surface area contributed by atoms with Crippen molar-refractivity contribution in [2.45, 2.75) is 38.0 Å². The van der Waals surface area contributed by atoms with Crippen molar-refractivity contribution < 1.29 is 0 Å². The van der Waals surface area contributed by atoms with Gasteiger partial charge in [0.05, 0.1) is 8.07 Å². The first kappa shape index (κ1) is 15.8. The molecular weight excluding hydrogens is 268 g/mol. The first-order chi connectivity index (χ1) is 10.1. The van der Waals surface area contributed by atoms with Gasteiger partial charge >= 0.3 is 0 Å². The lowest BCUT2D eigenvalue weighted by Gasteiger charge is -2.37. The molecule has 0 N–H and O–H groups in total. The summed E-state index contributed by atoms with van der Waals surface area (Å²) < 4.78 is 0. The summed E-state index contributed by atoms with van der Waals surface area (Å²) in [6.07, 6.45) is 4.58. The summed E-state index contributed by atoms with van der Waals surface area (Å²) in [5.41, 5.74) is 4.09. The highest BCUT2D eigenvalue weighted by molar-refractivity contribution is 6.81. The molecule has 2 rings (SSSR count). The predicted molar refractivity (Wildman–Crippen MR) is 96.4 cm³/mol. The SMILES string of the molecule is C/C=C/C(C)[Si](C)(C)C(c1ccccc1)c1ccccc1. The molecular formula is C20H26Si. The number of benzene rings is 2. The van der Waals surface area contributed by atoms with Gasteiger partial charge in [0.1, 0.15) is 0 Å². The second-order valence-electron chi connectivity index (χ2n) is 6.39. The summed E-state index contributed by atoms with van der Waals surface area (Å²) in [6, 6.07) is 22.0. The molecule has 0 bridgehead atoms. The standard InChI is InChI=1S/C20H26Si/c1-5-12-17(2)21(3,4)20(18-13-8-6-9-14-18)19-15-10-7-11-16-19/h5-17,20H,1-4H3/b12-5+. The Morgan fingerprint density at radius 1 is 0.810 bits per heavy atom. The van der Waals surface area contributed by atoms with Gasteiger partial charge in [-0.05, 0) is 23.6 Å². The van der Waals surface area contributed by atoms with Crippen LogP contribution in [-0.4, -0.2) is 8.07 Å². The third-order valence-corrected chi connectivity index (χ3v) is 9.36. The largest absolute Gasteiger partial charge is 0.0917 e. The molecule has 0 aromatic heterocycles. The van der Waals surface area contributed by atoms with Crippen molar-refractivity contribution in [3.8, 4) is 0 Å². The molecule has 0 aliphatic carbocycles. The monoisotopic (exact) mass is 294 g/mol. The highest BCUT2D eigenvalue weighted by Gasteiger charge is 2.37. The zero-order valence-corrected chi connectivity index (χ0v) is 14.6. The predicted octanol–water partition coefficient (Wildman–Crippen LogP) is 6.03. The molecule has 1 unspecified atom stereocenters. The molecule has 21 heavy (non-hydrogen) atoms. The fourth-order valence-electron chi connectivity index (χ4n) is 3.14. The highest BCUT2D eigenvalue weighted by Crippen LogP contribution is 2.40. The topological polar surface area (TPSA) is 0 Å². The summed E-state index contributed by atoms with van der Waals surface area (Å²) in [7, 11) is -1.53. The van der Waals surface area contributed by atoms with E-state index in [1.54, 1.807) is 0 Å². The smallest absolute Gasteiger partial charge is 0.0668 e. The van der Waals surface area contributed by atoms with Crippen molar-refractivity contribution in [2.24, 2.45) is 0 Å². The Morgan fingerprint density at radius 2 is 1.24 bits per heavy atom. The lowest BCUT2D eigenvalue weighted by molar-refractivity contribution is 0.988. The Morgan fingerprint density at radius 3 is 1.62 bits per heavy atom. The van der Waals surface area contributed by atoms with Crippen LogP contribution in [0.3, 0.4) is 0 Å². The van der Waals surface area contributed by atoms with Gasteiger partial charge in [-0.2, -0.15) is 0 Å². The number of hydrogen-bond donors (Lipinski definition) is 0. The Kier molecular flexibility index (Phi) is 5.19. The van der Waals surface area contributed by atoms with Crippen LogP contribution >= 0.6 is 0 Å². The molecule has 2 aromatic rings. The molecule has 0 aliphatic heterocycles. The van der Waals surface area contributed by atoms with Crippen molar-refractivity contribution in [1.29, 1.82) is 0 Å². The van der Waals surface area contributed by atoms with E-state index in [9.17, 15) is 0 Å². The van der Waals surface area contributed by atoms with Gasteiger partial charge in [-0.1, -0.05) is 92.8 Å². The van der Waals surface area contributed by atoms with E-state index in [1.165, 1.54) is 11.1 Å². The van der Waals surface area contributed by atoms with Gasteiger partial charge < -0.3 is 0 Å². The lowest BCUT2D eigenvalue weighted by Crippen LogP contribution is -2.39. The summed E-state index contributed by atoms with van der Waals surface area (Å²) in [4.78, 5) is 0. The molecule has 110 valence electrons. The van der Waals surface area contributed by atoms with Crippen LogP contribution in [0.5, 0.6) is 0 Å². The van der Waals surface area contributed by atoms with Crippen LogP contribution in [0.25, 0.3) is 0 Å². The number of hydrogen-bond acceptors (Lipinski definition) is 0. The molecule has 0 saturated carbocycles. The van der Waals surface area contributed by atoms with E-state index < -0.39 is 8.07 Å². The van der Waals surface area contributed by atoms with E-state index >= 15 is 0 Å². The van der Waals surface area contributed by atoms with Crippen LogP contribution in [0.4, 0.5) is 0 Å². The quantitative estimate of drug-likeness (QED) is 0.466. The van der Waals surface area contributed by atoms with Crippen molar-refractivity contribution in [1.82, 2.24) is 0 Å². The van der Waals surface area contributed by atoms with Crippen LogP contribution in [-0.2, 0) is 0 Å². The van der Waals surface area contributed by atoms with Crippen LogP contribution in [0.15, 0.2) is 72.8 Å². The molecule has 0 radical (unpaired) electrons. The molecule has 0 aliphatic rings. The molecule has 0 saturated heterocycles. The van der Waals surface area contributed by atoms with Crippen molar-refractivity contribution in [3.05, 3.63) is 83.9 Å². The Labute approximate surface area is 130 Å². The maximum absolute atomic E-state index is 2.52. The van der Waals surface area contributed by atoms with Crippen molar-refractivity contribution in [2.75, 3.05) is 0 Å². The third kappa shape index (κ3) is 3.54. The summed E-state index contributed by atoms with van der Waals surface area (Å²) in [5.74, 6) is 0. The Balaban J connectivity index is 2.51. The van der Waals surface area contributed by atoms with Gasteiger partial charge in [0.15, 0.2) is 0 Å². The summed E-state index contributed by atoms with van der Waals surface area (Å²) >= 11 is 0. The van der Waals surface area contributed by atoms with Gasteiger partial charge in [-0.3, -0.25) is 0 Å².